The van der Waals surface area contributed by atoms with Crippen LogP contribution in [0.3, 0.4) is 0 Å². The quantitative estimate of drug-likeness (QED) is 0.639. The van der Waals surface area contributed by atoms with Gasteiger partial charge in [0.1, 0.15) is 0 Å². The third-order valence-corrected chi connectivity index (χ3v) is 6.33. The van der Waals surface area contributed by atoms with E-state index in [0.717, 1.165) is 6.26 Å². The molecule has 1 aliphatic rings. The molecule has 1 fully saturated rings. The summed E-state index contributed by atoms with van der Waals surface area (Å²) in [4.78, 5) is 12.2. The molecule has 2 N–H and O–H groups in total. The van der Waals surface area contributed by atoms with Gasteiger partial charge in [-0.25, -0.2) is 16.8 Å². The van der Waals surface area contributed by atoms with Crippen molar-refractivity contribution in [1.29, 1.82) is 0 Å². The summed E-state index contributed by atoms with van der Waals surface area (Å²) in [7, 11) is -7.03. The number of amides is 1. The summed E-state index contributed by atoms with van der Waals surface area (Å²) in [5.74, 6) is -0.767. The largest absolute Gasteiger partial charge is 0.379 e. The standard InChI is InChI=1S/C14H20ClN3O6S2/c1-25(20,21)17-13-10-11(2-3-12(13)15)14(19)16-4-9-26(22,23)18-5-7-24-8-6-18/h2-3,10,17H,4-9H2,1H3,(H,16,19). The first kappa shape index (κ1) is 20.9. The van der Waals surface area contributed by atoms with E-state index in [4.69, 9.17) is 16.3 Å². The third-order valence-electron chi connectivity index (χ3n) is 3.53. The van der Waals surface area contributed by atoms with E-state index in [0.29, 0.717) is 26.3 Å². The van der Waals surface area contributed by atoms with E-state index < -0.39 is 26.0 Å². The zero-order valence-corrected chi connectivity index (χ0v) is 16.5. The fourth-order valence-electron chi connectivity index (χ4n) is 2.29. The van der Waals surface area contributed by atoms with E-state index in [9.17, 15) is 21.6 Å². The molecule has 9 nitrogen and oxygen atoms in total. The average molecular weight is 426 g/mol. The van der Waals surface area contributed by atoms with E-state index in [1.54, 1.807) is 0 Å². The van der Waals surface area contributed by atoms with Crippen molar-refractivity contribution in [1.82, 2.24) is 9.62 Å². The molecule has 0 spiro atoms. The molecule has 26 heavy (non-hydrogen) atoms. The number of anilines is 1. The molecule has 0 unspecified atom stereocenters. The number of sulfonamides is 2. The molecule has 0 bridgehead atoms. The lowest BCUT2D eigenvalue weighted by atomic mass is 10.2. The summed E-state index contributed by atoms with van der Waals surface area (Å²) in [5.41, 5.74) is 0.229. The number of halogens is 1. The number of nitrogens with one attached hydrogen (secondary N) is 2. The van der Waals surface area contributed by atoms with Crippen LogP contribution in [0.25, 0.3) is 0 Å². The SMILES string of the molecule is CS(=O)(=O)Nc1cc(C(=O)NCCS(=O)(=O)N2CCOCC2)ccc1Cl. The van der Waals surface area contributed by atoms with Crippen molar-refractivity contribution in [2.24, 2.45) is 0 Å². The zero-order chi connectivity index (χ0) is 19.4. The predicted octanol–water partition coefficient (Wildman–Crippen LogP) is 0.103. The monoisotopic (exact) mass is 425 g/mol. The minimum atomic E-state index is -3.55. The Hall–Kier alpha value is -1.40. The summed E-state index contributed by atoms with van der Waals surface area (Å²) < 4.78 is 55.7. The fraction of sp³-hybridized carbons (Fsp3) is 0.500. The Kier molecular flexibility index (Phi) is 6.86. The van der Waals surface area contributed by atoms with Crippen LogP contribution in [0.1, 0.15) is 10.4 Å². The van der Waals surface area contributed by atoms with Gasteiger partial charge < -0.3 is 10.1 Å². The lowest BCUT2D eigenvalue weighted by molar-refractivity contribution is 0.0730. The second-order valence-electron chi connectivity index (χ2n) is 5.65. The maximum atomic E-state index is 12.2. The second-order valence-corrected chi connectivity index (χ2v) is 9.90. The number of hydrogen-bond acceptors (Lipinski definition) is 6. The Balaban J connectivity index is 1.96. The lowest BCUT2D eigenvalue weighted by Crippen LogP contribution is -2.43. The van der Waals surface area contributed by atoms with Crippen LogP contribution in [0.4, 0.5) is 5.69 Å². The Morgan fingerprint density at radius 1 is 1.23 bits per heavy atom. The Morgan fingerprint density at radius 2 is 1.88 bits per heavy atom. The summed E-state index contributed by atoms with van der Waals surface area (Å²) in [6.45, 7) is 1.23. The van der Waals surface area contributed by atoms with Gasteiger partial charge >= 0.3 is 0 Å². The van der Waals surface area contributed by atoms with Crippen LogP contribution in [0.15, 0.2) is 18.2 Å². The normalized spacial score (nSPS) is 16.2. The number of carbonyl (C=O) groups excluding carboxylic acids is 1. The van der Waals surface area contributed by atoms with Crippen LogP contribution in [-0.4, -0.2) is 71.9 Å². The molecule has 12 heteroatoms. The molecule has 0 radical (unpaired) electrons. The third kappa shape index (κ3) is 6.09. The summed E-state index contributed by atoms with van der Waals surface area (Å²) in [6.07, 6.45) is 0.965. The number of hydrogen-bond donors (Lipinski definition) is 2. The molecule has 0 aliphatic carbocycles. The first-order chi connectivity index (χ1) is 12.1. The molecule has 1 amide bonds. The second kappa shape index (κ2) is 8.53. The van der Waals surface area contributed by atoms with Gasteiger partial charge in [-0.1, -0.05) is 11.6 Å². The molecule has 1 aliphatic heterocycles. The maximum absolute atomic E-state index is 12.2. The minimum Gasteiger partial charge on any atom is -0.379 e. The Morgan fingerprint density at radius 3 is 2.50 bits per heavy atom. The number of morpholine rings is 1. The van der Waals surface area contributed by atoms with E-state index in [1.807, 2.05) is 0 Å². The van der Waals surface area contributed by atoms with Crippen LogP contribution in [-0.2, 0) is 24.8 Å². The Labute approximate surface area is 157 Å². The molecule has 1 aromatic carbocycles. The minimum absolute atomic E-state index is 0.0720. The van der Waals surface area contributed by atoms with Gasteiger partial charge in [-0.3, -0.25) is 9.52 Å². The summed E-state index contributed by atoms with van der Waals surface area (Å²) in [6, 6.07) is 4.09. The van der Waals surface area contributed by atoms with Gasteiger partial charge in [0.15, 0.2) is 0 Å². The number of ether oxygens (including phenoxy) is 1. The highest BCUT2D eigenvalue weighted by Crippen LogP contribution is 2.23. The van der Waals surface area contributed by atoms with Gasteiger partial charge in [-0.2, -0.15) is 4.31 Å². The number of nitrogens with zero attached hydrogens (tertiary/aromatic N) is 1. The molecule has 0 aromatic heterocycles. The molecule has 1 aromatic rings. The highest BCUT2D eigenvalue weighted by molar-refractivity contribution is 7.92. The smallest absolute Gasteiger partial charge is 0.251 e. The first-order valence-corrected chi connectivity index (χ1v) is 11.6. The molecule has 0 atom stereocenters. The van der Waals surface area contributed by atoms with Crippen LogP contribution >= 0.6 is 11.6 Å². The highest BCUT2D eigenvalue weighted by atomic mass is 35.5. The molecule has 146 valence electrons. The van der Waals surface area contributed by atoms with Gasteiger partial charge in [-0.15, -0.1) is 0 Å². The van der Waals surface area contributed by atoms with Crippen LogP contribution in [0.2, 0.25) is 5.02 Å². The summed E-state index contributed by atoms with van der Waals surface area (Å²) >= 11 is 5.90. The van der Waals surface area contributed by atoms with E-state index in [1.165, 1.54) is 22.5 Å². The molecule has 2 rings (SSSR count). The number of rotatable bonds is 7. The van der Waals surface area contributed by atoms with E-state index >= 15 is 0 Å². The van der Waals surface area contributed by atoms with Crippen molar-refractivity contribution in [2.75, 3.05) is 49.6 Å². The molecule has 0 saturated carbocycles. The number of benzene rings is 1. The van der Waals surface area contributed by atoms with Crippen molar-refractivity contribution in [3.05, 3.63) is 28.8 Å². The van der Waals surface area contributed by atoms with Gasteiger partial charge in [0.2, 0.25) is 20.0 Å². The van der Waals surface area contributed by atoms with Gasteiger partial charge in [0.25, 0.3) is 5.91 Å². The van der Waals surface area contributed by atoms with Crippen molar-refractivity contribution < 1.29 is 26.4 Å². The lowest BCUT2D eigenvalue weighted by Gasteiger charge is -2.26. The van der Waals surface area contributed by atoms with Crippen molar-refractivity contribution in [2.45, 2.75) is 0 Å². The van der Waals surface area contributed by atoms with E-state index in [2.05, 4.69) is 10.0 Å². The van der Waals surface area contributed by atoms with Crippen LogP contribution in [0, 0.1) is 0 Å². The van der Waals surface area contributed by atoms with Crippen molar-refractivity contribution >= 4 is 43.2 Å². The van der Waals surface area contributed by atoms with Gasteiger partial charge in [0.05, 0.1) is 35.9 Å². The molecular weight excluding hydrogens is 406 g/mol. The van der Waals surface area contributed by atoms with E-state index in [-0.39, 0.29) is 28.6 Å². The topological polar surface area (TPSA) is 122 Å². The predicted molar refractivity (Wildman–Crippen MR) is 98.4 cm³/mol. The maximum Gasteiger partial charge on any atom is 0.251 e. The van der Waals surface area contributed by atoms with Gasteiger partial charge in [-0.05, 0) is 18.2 Å². The first-order valence-electron chi connectivity index (χ1n) is 7.69. The fourth-order valence-corrected chi connectivity index (χ4v) is 4.41. The van der Waals surface area contributed by atoms with Crippen molar-refractivity contribution in [3.8, 4) is 0 Å². The molecular formula is C14H20ClN3O6S2. The molecule has 1 saturated heterocycles. The Bertz CT molecular complexity index is 867. The molecule has 1 heterocycles. The van der Waals surface area contributed by atoms with Gasteiger partial charge in [0, 0.05) is 25.2 Å². The van der Waals surface area contributed by atoms with Crippen molar-refractivity contribution in [3.63, 3.8) is 0 Å². The van der Waals surface area contributed by atoms with Crippen LogP contribution < -0.4 is 10.0 Å². The summed E-state index contributed by atoms with van der Waals surface area (Å²) in [5, 5.41) is 2.65. The average Bonchev–Trinajstić information content (AvgIpc) is 2.56. The highest BCUT2D eigenvalue weighted by Gasteiger charge is 2.24. The number of carbonyl (C=O) groups is 1. The van der Waals surface area contributed by atoms with Crippen LogP contribution in [0.5, 0.6) is 0 Å². The zero-order valence-electron chi connectivity index (χ0n) is 14.1.